The molecule has 2 rings (SSSR count). The number of benzene rings is 1. The molecule has 0 saturated carbocycles. The number of carbonyl (C=O) groups excluding carboxylic acids is 3. The number of hydrogen-bond donors (Lipinski definition) is 0. The van der Waals surface area contributed by atoms with Crippen LogP contribution >= 0.6 is 11.6 Å². The monoisotopic (exact) mass is 377 g/mol. The minimum atomic E-state index is -5.10. The summed E-state index contributed by atoms with van der Waals surface area (Å²) in [5, 5.41) is 0.229. The van der Waals surface area contributed by atoms with E-state index in [2.05, 4.69) is 9.31 Å². The maximum atomic E-state index is 13.4. The predicted octanol–water partition coefficient (Wildman–Crippen LogP) is 1.98. The lowest BCUT2D eigenvalue weighted by Crippen LogP contribution is -2.49. The van der Waals surface area contributed by atoms with Crippen molar-refractivity contribution in [2.24, 2.45) is 0 Å². The van der Waals surface area contributed by atoms with Gasteiger partial charge < -0.3 is 9.31 Å². The Hall–Kier alpha value is -2.07. The number of carbonyl (C=O) groups is 3. The average Bonchev–Trinajstić information content (AvgIpc) is 2.44. The molecule has 1 saturated heterocycles. The van der Waals surface area contributed by atoms with Gasteiger partial charge in [0.05, 0.1) is 13.1 Å². The van der Waals surface area contributed by atoms with Gasteiger partial charge in [-0.15, -0.1) is 0 Å². The van der Waals surface area contributed by atoms with Crippen LogP contribution in [0.5, 0.6) is 0 Å². The summed E-state index contributed by atoms with van der Waals surface area (Å²) in [6.07, 6.45) is -5.10. The van der Waals surface area contributed by atoms with Gasteiger partial charge in [-0.05, 0) is 31.3 Å². The van der Waals surface area contributed by atoms with Gasteiger partial charge in [-0.3, -0.25) is 19.3 Å². The second-order valence-corrected chi connectivity index (χ2v) is 5.85. The Kier molecular flexibility index (Phi) is 5.74. The molecule has 1 atom stereocenters. The predicted molar refractivity (Wildman–Crippen MR) is 81.0 cm³/mol. The second kappa shape index (κ2) is 7.44. The molecule has 6 nitrogen and oxygen atoms in total. The van der Waals surface area contributed by atoms with Crippen molar-refractivity contribution >= 4 is 36.4 Å². The smallest absolute Gasteiger partial charge is 0.498 e. The van der Waals surface area contributed by atoms with Gasteiger partial charge in [0.1, 0.15) is 0 Å². The number of hydrogen-bond acceptors (Lipinski definition) is 6. The Morgan fingerprint density at radius 2 is 1.64 bits per heavy atom. The van der Waals surface area contributed by atoms with Crippen LogP contribution in [0.3, 0.4) is 0 Å². The molecule has 1 aromatic rings. The summed E-state index contributed by atoms with van der Waals surface area (Å²) in [4.78, 5) is 36.8. The van der Waals surface area contributed by atoms with Gasteiger partial charge in [-0.2, -0.15) is 13.2 Å². The lowest BCUT2D eigenvalue weighted by atomic mass is 9.67. The standard InChI is InChI=1S/C14H12BClF3NO5/c1-20-6-10(21)24-15(25-11(22)7-20)13(14(17,18)19)12(23)8-2-4-9(16)5-3-8/h2-5,13H,6-7H2,1H3/t13-/m1/s1. The molecule has 0 spiro atoms. The summed E-state index contributed by atoms with van der Waals surface area (Å²) in [6.45, 7) is -0.823. The van der Waals surface area contributed by atoms with Crippen molar-refractivity contribution in [3.8, 4) is 0 Å². The molecule has 134 valence electrons. The maximum Gasteiger partial charge on any atom is 0.619 e. The van der Waals surface area contributed by atoms with E-state index in [9.17, 15) is 27.6 Å². The van der Waals surface area contributed by atoms with Crippen LogP contribution < -0.4 is 0 Å². The SMILES string of the molecule is CN1CC(=O)OB([C@H](C(=O)c2ccc(Cl)cc2)C(F)(F)F)OC(=O)C1. The number of nitrogens with zero attached hydrogens (tertiary/aromatic N) is 1. The van der Waals surface area contributed by atoms with Gasteiger partial charge >= 0.3 is 25.2 Å². The molecule has 11 heteroatoms. The van der Waals surface area contributed by atoms with Crippen molar-refractivity contribution in [3.05, 3.63) is 34.9 Å². The van der Waals surface area contributed by atoms with E-state index in [-0.39, 0.29) is 10.6 Å². The number of halogens is 4. The topological polar surface area (TPSA) is 72.9 Å². The molecule has 25 heavy (non-hydrogen) atoms. The van der Waals surface area contributed by atoms with Crippen LogP contribution in [-0.4, -0.2) is 56.1 Å². The van der Waals surface area contributed by atoms with Gasteiger partial charge in [0.25, 0.3) is 0 Å². The molecule has 0 aromatic heterocycles. The third-order valence-electron chi connectivity index (χ3n) is 3.33. The fourth-order valence-electron chi connectivity index (χ4n) is 2.21. The molecule has 0 bridgehead atoms. The van der Waals surface area contributed by atoms with E-state index in [0.717, 1.165) is 12.1 Å². The largest absolute Gasteiger partial charge is 0.619 e. The number of alkyl halides is 3. The van der Waals surface area contributed by atoms with Crippen molar-refractivity contribution in [3.63, 3.8) is 0 Å². The third-order valence-corrected chi connectivity index (χ3v) is 3.58. The minimum absolute atomic E-state index is 0.229. The van der Waals surface area contributed by atoms with Gasteiger partial charge in [0.15, 0.2) is 11.6 Å². The first-order chi connectivity index (χ1) is 11.6. The zero-order chi connectivity index (χ0) is 18.8. The molecule has 0 N–H and O–H groups in total. The second-order valence-electron chi connectivity index (χ2n) is 5.41. The molecular formula is C14H12BClF3NO5. The summed E-state index contributed by atoms with van der Waals surface area (Å²) >= 11 is 5.65. The van der Waals surface area contributed by atoms with Gasteiger partial charge in [-0.25, -0.2) is 0 Å². The van der Waals surface area contributed by atoms with Crippen molar-refractivity contribution in [2.75, 3.05) is 20.1 Å². The number of rotatable bonds is 3. The average molecular weight is 378 g/mol. The van der Waals surface area contributed by atoms with Crippen LogP contribution in [0.4, 0.5) is 13.2 Å². The van der Waals surface area contributed by atoms with E-state index in [1.54, 1.807) is 0 Å². The molecule has 0 aliphatic carbocycles. The number of Topliss-reactive ketones (excluding diaryl/α,β-unsaturated/α-hetero) is 1. The summed E-state index contributed by atoms with van der Waals surface area (Å²) in [7, 11) is -1.000. The third kappa shape index (κ3) is 4.96. The summed E-state index contributed by atoms with van der Waals surface area (Å²) in [5.41, 5.74) is -0.307. The van der Waals surface area contributed by atoms with Crippen molar-refractivity contribution in [2.45, 2.75) is 12.0 Å². The molecule has 1 fully saturated rings. The zero-order valence-electron chi connectivity index (χ0n) is 12.9. The van der Waals surface area contributed by atoms with E-state index in [0.29, 0.717) is 0 Å². The van der Waals surface area contributed by atoms with E-state index < -0.39 is 49.9 Å². The molecule has 1 heterocycles. The fraction of sp³-hybridized carbons (Fsp3) is 0.357. The Bertz CT molecular complexity index is 662. The molecule has 1 aliphatic heterocycles. The Morgan fingerprint density at radius 3 is 2.08 bits per heavy atom. The highest BCUT2D eigenvalue weighted by Gasteiger charge is 2.58. The Morgan fingerprint density at radius 1 is 1.16 bits per heavy atom. The first-order valence-corrected chi connectivity index (χ1v) is 7.39. The lowest BCUT2D eigenvalue weighted by molar-refractivity contribution is -0.150. The van der Waals surface area contributed by atoms with Gasteiger partial charge in [-0.1, -0.05) is 11.6 Å². The number of likely N-dealkylation sites (N-methyl/N-ethyl adjacent to an activating group) is 1. The summed E-state index contributed by atoms with van der Waals surface area (Å²) in [6, 6.07) is 4.69. The Labute approximate surface area is 146 Å². The normalized spacial score (nSPS) is 18.0. The summed E-state index contributed by atoms with van der Waals surface area (Å²) in [5.74, 6) is -6.33. The van der Waals surface area contributed by atoms with Crippen molar-refractivity contribution in [1.82, 2.24) is 4.90 Å². The van der Waals surface area contributed by atoms with Gasteiger partial charge in [0.2, 0.25) is 0 Å². The Balaban J connectivity index is 2.35. The summed E-state index contributed by atoms with van der Waals surface area (Å²) < 4.78 is 49.5. The van der Waals surface area contributed by atoms with Crippen LogP contribution in [0.1, 0.15) is 10.4 Å². The fourth-order valence-corrected chi connectivity index (χ4v) is 2.34. The quantitative estimate of drug-likeness (QED) is 0.592. The number of ketones is 1. The molecule has 1 aromatic carbocycles. The first kappa shape index (κ1) is 19.3. The highest BCUT2D eigenvalue weighted by atomic mass is 35.5. The molecule has 0 amide bonds. The molecular weight excluding hydrogens is 365 g/mol. The van der Waals surface area contributed by atoms with Crippen LogP contribution in [0.2, 0.25) is 10.8 Å². The van der Waals surface area contributed by atoms with Crippen molar-refractivity contribution in [1.29, 1.82) is 0 Å². The van der Waals surface area contributed by atoms with Crippen LogP contribution in [0.15, 0.2) is 24.3 Å². The lowest BCUT2D eigenvalue weighted by Gasteiger charge is -2.27. The van der Waals surface area contributed by atoms with Crippen LogP contribution in [-0.2, 0) is 18.9 Å². The highest BCUT2D eigenvalue weighted by molar-refractivity contribution is 6.57. The van der Waals surface area contributed by atoms with E-state index in [1.807, 2.05) is 0 Å². The molecule has 1 aliphatic rings. The van der Waals surface area contributed by atoms with E-state index in [4.69, 9.17) is 11.6 Å². The zero-order valence-corrected chi connectivity index (χ0v) is 13.6. The van der Waals surface area contributed by atoms with Crippen molar-refractivity contribution < 1.29 is 36.9 Å². The van der Waals surface area contributed by atoms with Gasteiger partial charge in [0, 0.05) is 10.6 Å². The maximum absolute atomic E-state index is 13.4. The van der Waals surface area contributed by atoms with Crippen LogP contribution in [0, 0.1) is 0 Å². The highest BCUT2D eigenvalue weighted by Crippen LogP contribution is 2.37. The molecule has 0 radical (unpaired) electrons. The minimum Gasteiger partial charge on any atom is -0.498 e. The van der Waals surface area contributed by atoms with Crippen LogP contribution in [0.25, 0.3) is 0 Å². The first-order valence-electron chi connectivity index (χ1n) is 7.02. The van der Waals surface area contributed by atoms with E-state index in [1.165, 1.54) is 24.1 Å². The molecule has 0 unspecified atom stereocenters. The van der Waals surface area contributed by atoms with E-state index >= 15 is 0 Å².